The Morgan fingerprint density at radius 1 is 1.29 bits per heavy atom. The molecule has 1 unspecified atom stereocenters. The van der Waals surface area contributed by atoms with E-state index in [9.17, 15) is 22.8 Å². The van der Waals surface area contributed by atoms with Gasteiger partial charge in [-0.1, -0.05) is 6.07 Å². The predicted octanol–water partition coefficient (Wildman–Crippen LogP) is 1.45. The van der Waals surface area contributed by atoms with Crippen LogP contribution < -0.4 is 10.6 Å². The average Bonchev–Trinajstić information content (AvgIpc) is 2.36. The summed E-state index contributed by atoms with van der Waals surface area (Å²) in [5.41, 5.74) is -0.630. The lowest BCUT2D eigenvalue weighted by Crippen LogP contribution is -2.39. The average molecular weight is 304 g/mol. The first-order valence-corrected chi connectivity index (χ1v) is 6.06. The van der Waals surface area contributed by atoms with Gasteiger partial charge in [-0.05, 0) is 31.5 Å². The van der Waals surface area contributed by atoms with Crippen LogP contribution >= 0.6 is 0 Å². The Labute approximate surface area is 119 Å². The fraction of sp³-hybridized carbons (Fsp3) is 0.385. The van der Waals surface area contributed by atoms with E-state index in [4.69, 9.17) is 5.11 Å². The van der Waals surface area contributed by atoms with Crippen LogP contribution in [0.5, 0.6) is 0 Å². The van der Waals surface area contributed by atoms with Gasteiger partial charge in [-0.2, -0.15) is 13.2 Å². The zero-order valence-electron chi connectivity index (χ0n) is 11.4. The summed E-state index contributed by atoms with van der Waals surface area (Å²) in [7, 11) is 0. The van der Waals surface area contributed by atoms with Gasteiger partial charge in [0.05, 0.1) is 11.7 Å². The molecule has 0 aromatic heterocycles. The van der Waals surface area contributed by atoms with Gasteiger partial charge < -0.3 is 15.7 Å². The summed E-state index contributed by atoms with van der Waals surface area (Å²) >= 11 is 0. The summed E-state index contributed by atoms with van der Waals surface area (Å²) in [6.07, 6.45) is -5.38. The highest BCUT2D eigenvalue weighted by molar-refractivity contribution is 6.39. The number of rotatable bonds is 3. The van der Waals surface area contributed by atoms with Gasteiger partial charge in [0.1, 0.15) is 0 Å². The van der Waals surface area contributed by atoms with E-state index < -0.39 is 29.7 Å². The highest BCUT2D eigenvalue weighted by atomic mass is 19.4. The number of hydrogen-bond donors (Lipinski definition) is 3. The van der Waals surface area contributed by atoms with Crippen molar-refractivity contribution in [2.24, 2.45) is 0 Å². The minimum atomic E-state index is -4.54. The van der Waals surface area contributed by atoms with Gasteiger partial charge in [-0.25, -0.2) is 0 Å². The molecule has 0 fully saturated rings. The topological polar surface area (TPSA) is 78.4 Å². The lowest BCUT2D eigenvalue weighted by atomic mass is 10.1. The first-order valence-electron chi connectivity index (χ1n) is 6.06. The lowest BCUT2D eigenvalue weighted by Gasteiger charge is -2.12. The Kier molecular flexibility index (Phi) is 5.31. The SMILES string of the molecule is Cc1ccc(C(F)(F)F)cc1NC(=O)C(=O)NCC(C)O. The maximum Gasteiger partial charge on any atom is 0.416 e. The van der Waals surface area contributed by atoms with E-state index in [1.54, 1.807) is 0 Å². The molecule has 8 heteroatoms. The van der Waals surface area contributed by atoms with Crippen molar-refractivity contribution in [1.82, 2.24) is 5.32 Å². The number of aliphatic hydroxyl groups is 1. The molecular formula is C13H15F3N2O3. The second-order valence-electron chi connectivity index (χ2n) is 4.54. The number of carbonyl (C=O) groups is 2. The second-order valence-corrected chi connectivity index (χ2v) is 4.54. The number of aliphatic hydroxyl groups excluding tert-OH is 1. The highest BCUT2D eigenvalue weighted by Gasteiger charge is 2.31. The molecular weight excluding hydrogens is 289 g/mol. The van der Waals surface area contributed by atoms with Crippen LogP contribution in [0.15, 0.2) is 18.2 Å². The number of carbonyl (C=O) groups excluding carboxylic acids is 2. The number of hydrogen-bond acceptors (Lipinski definition) is 3. The lowest BCUT2D eigenvalue weighted by molar-refractivity contribution is -0.137. The Hall–Kier alpha value is -2.09. The fourth-order valence-electron chi connectivity index (χ4n) is 1.43. The number of alkyl halides is 3. The molecule has 5 nitrogen and oxygen atoms in total. The van der Waals surface area contributed by atoms with E-state index >= 15 is 0 Å². The van der Waals surface area contributed by atoms with E-state index in [1.807, 2.05) is 0 Å². The zero-order valence-corrected chi connectivity index (χ0v) is 11.4. The molecule has 21 heavy (non-hydrogen) atoms. The molecule has 116 valence electrons. The molecule has 1 aromatic carbocycles. The Morgan fingerprint density at radius 2 is 1.90 bits per heavy atom. The van der Waals surface area contributed by atoms with Crippen molar-refractivity contribution in [2.75, 3.05) is 11.9 Å². The van der Waals surface area contributed by atoms with Gasteiger partial charge in [-0.15, -0.1) is 0 Å². The van der Waals surface area contributed by atoms with Crippen LogP contribution in [0.2, 0.25) is 0 Å². The van der Waals surface area contributed by atoms with Crippen LogP contribution in [-0.2, 0) is 15.8 Å². The van der Waals surface area contributed by atoms with E-state index in [0.29, 0.717) is 5.56 Å². The predicted molar refractivity (Wildman–Crippen MR) is 69.5 cm³/mol. The van der Waals surface area contributed by atoms with Gasteiger partial charge >= 0.3 is 18.0 Å². The van der Waals surface area contributed by atoms with E-state index in [2.05, 4.69) is 10.6 Å². The molecule has 0 heterocycles. The molecule has 1 rings (SSSR count). The molecule has 0 aliphatic carbocycles. The zero-order chi connectivity index (χ0) is 16.2. The first kappa shape index (κ1) is 17.0. The maximum absolute atomic E-state index is 12.6. The smallest absolute Gasteiger partial charge is 0.392 e. The van der Waals surface area contributed by atoms with Gasteiger partial charge in [-0.3, -0.25) is 9.59 Å². The summed E-state index contributed by atoms with van der Waals surface area (Å²) < 4.78 is 37.8. The van der Waals surface area contributed by atoms with Crippen LogP contribution in [0.25, 0.3) is 0 Å². The van der Waals surface area contributed by atoms with Crippen molar-refractivity contribution >= 4 is 17.5 Å². The van der Waals surface area contributed by atoms with Crippen molar-refractivity contribution in [3.63, 3.8) is 0 Å². The summed E-state index contributed by atoms with van der Waals surface area (Å²) in [6, 6.07) is 2.85. The van der Waals surface area contributed by atoms with Crippen LogP contribution in [0.1, 0.15) is 18.1 Å². The molecule has 0 saturated heterocycles. The van der Waals surface area contributed by atoms with Crippen LogP contribution in [0.4, 0.5) is 18.9 Å². The Bertz CT molecular complexity index is 542. The molecule has 0 aliphatic heterocycles. The molecule has 0 bridgehead atoms. The van der Waals surface area contributed by atoms with Crippen molar-refractivity contribution in [2.45, 2.75) is 26.1 Å². The summed E-state index contributed by atoms with van der Waals surface area (Å²) in [5, 5.41) is 13.2. The summed E-state index contributed by atoms with van der Waals surface area (Å²) in [6.45, 7) is 2.78. The van der Waals surface area contributed by atoms with Crippen molar-refractivity contribution in [3.05, 3.63) is 29.3 Å². The van der Waals surface area contributed by atoms with Crippen molar-refractivity contribution in [1.29, 1.82) is 0 Å². The number of anilines is 1. The molecule has 0 radical (unpaired) electrons. The molecule has 1 aromatic rings. The molecule has 1 atom stereocenters. The highest BCUT2D eigenvalue weighted by Crippen LogP contribution is 2.31. The van der Waals surface area contributed by atoms with Gasteiger partial charge in [0.15, 0.2) is 0 Å². The number of halogens is 3. The van der Waals surface area contributed by atoms with Crippen molar-refractivity contribution < 1.29 is 27.9 Å². The largest absolute Gasteiger partial charge is 0.416 e. The quantitative estimate of drug-likeness (QED) is 0.740. The monoisotopic (exact) mass is 304 g/mol. The second kappa shape index (κ2) is 6.57. The van der Waals surface area contributed by atoms with E-state index in [0.717, 1.165) is 12.1 Å². The van der Waals surface area contributed by atoms with Crippen molar-refractivity contribution in [3.8, 4) is 0 Å². The molecule has 2 amide bonds. The maximum atomic E-state index is 12.6. The Balaban J connectivity index is 2.82. The standard InChI is InChI=1S/C13H15F3N2O3/c1-7-3-4-9(13(14,15)16)5-10(7)18-12(21)11(20)17-6-8(2)19/h3-5,8,19H,6H2,1-2H3,(H,17,20)(H,18,21). The van der Waals surface area contributed by atoms with E-state index in [1.165, 1.54) is 19.9 Å². The van der Waals surface area contributed by atoms with Gasteiger partial charge in [0.2, 0.25) is 0 Å². The van der Waals surface area contributed by atoms with Gasteiger partial charge in [0.25, 0.3) is 0 Å². The molecule has 0 spiro atoms. The number of nitrogens with one attached hydrogen (secondary N) is 2. The third-order valence-corrected chi connectivity index (χ3v) is 2.58. The summed E-state index contributed by atoms with van der Waals surface area (Å²) in [4.78, 5) is 22.9. The third-order valence-electron chi connectivity index (χ3n) is 2.58. The summed E-state index contributed by atoms with van der Waals surface area (Å²) in [5.74, 6) is -2.13. The minimum absolute atomic E-state index is 0.0954. The number of aryl methyl sites for hydroxylation is 1. The molecule has 0 saturated carbocycles. The normalized spacial score (nSPS) is 12.7. The van der Waals surface area contributed by atoms with Crippen LogP contribution in [0.3, 0.4) is 0 Å². The Morgan fingerprint density at radius 3 is 2.43 bits per heavy atom. The third kappa shape index (κ3) is 5.07. The number of benzene rings is 1. The fourth-order valence-corrected chi connectivity index (χ4v) is 1.43. The van der Waals surface area contributed by atoms with E-state index in [-0.39, 0.29) is 12.2 Å². The molecule has 0 aliphatic rings. The molecule has 3 N–H and O–H groups in total. The minimum Gasteiger partial charge on any atom is -0.392 e. The first-order chi connectivity index (χ1) is 9.61. The van der Waals surface area contributed by atoms with Crippen LogP contribution in [0, 0.1) is 6.92 Å². The van der Waals surface area contributed by atoms with Crippen LogP contribution in [-0.4, -0.2) is 29.6 Å². The van der Waals surface area contributed by atoms with Gasteiger partial charge in [0, 0.05) is 12.2 Å². The number of amides is 2.